The van der Waals surface area contributed by atoms with Crippen LogP contribution in [0.3, 0.4) is 0 Å². The van der Waals surface area contributed by atoms with Gasteiger partial charge in [0.05, 0.1) is 6.54 Å². The Hall–Kier alpha value is -3.19. The molecule has 7 nitrogen and oxygen atoms in total. The van der Waals surface area contributed by atoms with Gasteiger partial charge in [-0.05, 0) is 38.3 Å². The Labute approximate surface area is 210 Å². The molecule has 0 unspecified atom stereocenters. The lowest BCUT2D eigenvalue weighted by Crippen LogP contribution is -2.31. The van der Waals surface area contributed by atoms with Gasteiger partial charge in [-0.1, -0.05) is 54.6 Å². The van der Waals surface area contributed by atoms with Crippen LogP contribution in [-0.4, -0.2) is 73.9 Å². The van der Waals surface area contributed by atoms with Crippen LogP contribution in [0.2, 0.25) is 0 Å². The zero-order chi connectivity index (χ0) is 25.7. The molecular weight excluding hydrogens is 440 g/mol. The molecule has 0 fully saturated rings. The largest absolute Gasteiger partial charge is 0.462 e. The summed E-state index contributed by atoms with van der Waals surface area (Å²) in [6.07, 6.45) is 1.39. The van der Waals surface area contributed by atoms with Gasteiger partial charge in [0, 0.05) is 52.3 Å². The number of ether oxygens (including phenoxy) is 1. The highest BCUT2D eigenvalue weighted by Crippen LogP contribution is 2.12. The van der Waals surface area contributed by atoms with Gasteiger partial charge in [-0.15, -0.1) is 0 Å². The molecule has 0 bridgehead atoms. The molecule has 1 amide bonds. The maximum atomic E-state index is 12.3. The molecule has 0 atom stereocenters. The van der Waals surface area contributed by atoms with Crippen LogP contribution in [0.4, 0.5) is 0 Å². The van der Waals surface area contributed by atoms with Crippen molar-refractivity contribution in [1.82, 2.24) is 15.1 Å². The van der Waals surface area contributed by atoms with Crippen molar-refractivity contribution in [2.75, 3.05) is 40.3 Å². The van der Waals surface area contributed by atoms with Gasteiger partial charge in [0.25, 0.3) is 6.47 Å². The van der Waals surface area contributed by atoms with Crippen molar-refractivity contribution < 1.29 is 14.3 Å². The van der Waals surface area contributed by atoms with E-state index >= 15 is 0 Å². The zero-order valence-electron chi connectivity index (χ0n) is 21.8. The topological polar surface area (TPSA) is 74.2 Å². The van der Waals surface area contributed by atoms with Crippen molar-refractivity contribution in [2.24, 2.45) is 4.99 Å². The van der Waals surface area contributed by atoms with Crippen LogP contribution in [0.15, 0.2) is 59.6 Å². The molecule has 3 rings (SSSR count). The second kappa shape index (κ2) is 14.3. The first-order valence-corrected chi connectivity index (χ1v) is 12.1. The van der Waals surface area contributed by atoms with E-state index in [1.807, 2.05) is 50.9 Å². The van der Waals surface area contributed by atoms with E-state index in [1.54, 1.807) is 0 Å². The lowest BCUT2D eigenvalue weighted by Gasteiger charge is -2.18. The SMILES string of the molecule is CC(C)(C)OC=O.CN(CCc1ccc(C2=NCCN2C)cc1)C(=O)CCNCc1ccccc1. The maximum absolute atomic E-state index is 12.3. The number of amidine groups is 1. The van der Waals surface area contributed by atoms with Crippen molar-refractivity contribution >= 4 is 18.2 Å². The molecule has 0 saturated carbocycles. The number of nitrogens with one attached hydrogen (secondary N) is 1. The molecule has 0 aliphatic carbocycles. The van der Waals surface area contributed by atoms with Crippen LogP contribution in [-0.2, 0) is 27.3 Å². The van der Waals surface area contributed by atoms with Gasteiger partial charge in [-0.3, -0.25) is 14.6 Å². The lowest BCUT2D eigenvalue weighted by atomic mass is 10.1. The first-order valence-electron chi connectivity index (χ1n) is 12.1. The summed E-state index contributed by atoms with van der Waals surface area (Å²) in [5.41, 5.74) is 3.33. The fourth-order valence-corrected chi connectivity index (χ4v) is 3.45. The minimum Gasteiger partial charge on any atom is -0.462 e. The quantitative estimate of drug-likeness (QED) is 0.416. The fourth-order valence-electron chi connectivity index (χ4n) is 3.45. The normalized spacial score (nSPS) is 12.9. The number of hydrogen-bond donors (Lipinski definition) is 1. The number of benzene rings is 2. The van der Waals surface area contributed by atoms with Gasteiger partial charge in [0.2, 0.25) is 5.91 Å². The van der Waals surface area contributed by atoms with Gasteiger partial charge in [-0.2, -0.15) is 0 Å². The third kappa shape index (κ3) is 10.7. The average Bonchev–Trinajstić information content (AvgIpc) is 3.26. The van der Waals surface area contributed by atoms with E-state index in [4.69, 9.17) is 0 Å². The van der Waals surface area contributed by atoms with Gasteiger partial charge < -0.3 is 19.9 Å². The molecule has 1 aliphatic heterocycles. The minimum absolute atomic E-state index is 0.180. The zero-order valence-corrected chi connectivity index (χ0v) is 21.8. The van der Waals surface area contributed by atoms with E-state index in [2.05, 4.69) is 63.4 Å². The predicted octanol–water partition coefficient (Wildman–Crippen LogP) is 3.52. The van der Waals surface area contributed by atoms with E-state index in [-0.39, 0.29) is 11.5 Å². The first-order chi connectivity index (χ1) is 16.7. The van der Waals surface area contributed by atoms with Gasteiger partial charge in [-0.25, -0.2) is 0 Å². The van der Waals surface area contributed by atoms with Crippen LogP contribution in [0.5, 0.6) is 0 Å². The fraction of sp³-hybridized carbons (Fsp3) is 0.464. The molecule has 0 spiro atoms. The molecule has 0 saturated heterocycles. The molecule has 35 heavy (non-hydrogen) atoms. The lowest BCUT2D eigenvalue weighted by molar-refractivity contribution is -0.138. The highest BCUT2D eigenvalue weighted by Gasteiger charge is 2.14. The molecule has 0 radical (unpaired) electrons. The van der Waals surface area contributed by atoms with Crippen LogP contribution in [0.25, 0.3) is 0 Å². The molecule has 1 heterocycles. The van der Waals surface area contributed by atoms with Gasteiger partial charge in [0.1, 0.15) is 11.4 Å². The average molecular weight is 481 g/mol. The van der Waals surface area contributed by atoms with E-state index < -0.39 is 0 Å². The van der Waals surface area contributed by atoms with Crippen LogP contribution >= 0.6 is 0 Å². The van der Waals surface area contributed by atoms with Crippen molar-refractivity contribution in [3.05, 3.63) is 71.3 Å². The molecular formula is C28H40N4O3. The maximum Gasteiger partial charge on any atom is 0.293 e. The Morgan fingerprint density at radius 1 is 1.11 bits per heavy atom. The van der Waals surface area contributed by atoms with Gasteiger partial charge >= 0.3 is 0 Å². The number of nitrogens with zero attached hydrogens (tertiary/aromatic N) is 3. The van der Waals surface area contributed by atoms with Crippen molar-refractivity contribution in [2.45, 2.75) is 45.8 Å². The number of carbonyl (C=O) groups excluding carboxylic acids is 2. The summed E-state index contributed by atoms with van der Waals surface area (Å²) in [5.74, 6) is 1.25. The number of amides is 1. The summed E-state index contributed by atoms with van der Waals surface area (Å²) in [5, 5.41) is 3.34. The van der Waals surface area contributed by atoms with Gasteiger partial charge in [0.15, 0.2) is 0 Å². The Morgan fingerprint density at radius 3 is 2.34 bits per heavy atom. The molecule has 190 valence electrons. The number of rotatable bonds is 10. The van der Waals surface area contributed by atoms with Crippen LogP contribution in [0.1, 0.15) is 43.9 Å². The number of carbonyl (C=O) groups is 2. The Bertz CT molecular complexity index is 937. The van der Waals surface area contributed by atoms with Crippen LogP contribution < -0.4 is 5.32 Å². The predicted molar refractivity (Wildman–Crippen MR) is 141 cm³/mol. The molecule has 7 heteroatoms. The summed E-state index contributed by atoms with van der Waals surface area (Å²) < 4.78 is 4.55. The summed E-state index contributed by atoms with van der Waals surface area (Å²) in [4.78, 5) is 30.5. The number of likely N-dealkylation sites (N-methyl/N-ethyl adjacent to an activating group) is 2. The molecule has 1 N–H and O–H groups in total. The molecule has 1 aliphatic rings. The molecule has 0 aromatic heterocycles. The van der Waals surface area contributed by atoms with Crippen molar-refractivity contribution in [3.63, 3.8) is 0 Å². The van der Waals surface area contributed by atoms with Crippen molar-refractivity contribution in [1.29, 1.82) is 0 Å². The van der Waals surface area contributed by atoms with Crippen molar-refractivity contribution in [3.8, 4) is 0 Å². The second-order valence-electron chi connectivity index (χ2n) is 9.63. The van der Waals surface area contributed by atoms with E-state index in [0.717, 1.165) is 44.0 Å². The summed E-state index contributed by atoms with van der Waals surface area (Å²) in [6.45, 7) is 10.0. The van der Waals surface area contributed by atoms with E-state index in [1.165, 1.54) is 11.1 Å². The van der Waals surface area contributed by atoms with Crippen LogP contribution in [0, 0.1) is 0 Å². The minimum atomic E-state index is -0.318. The monoisotopic (exact) mass is 480 g/mol. The first kappa shape index (κ1) is 28.1. The Kier molecular flexibility index (Phi) is 11.4. The van der Waals surface area contributed by atoms with E-state index in [9.17, 15) is 9.59 Å². The summed E-state index contributed by atoms with van der Waals surface area (Å²) in [7, 11) is 3.96. The van der Waals surface area contributed by atoms with E-state index in [0.29, 0.717) is 19.4 Å². The Balaban J connectivity index is 0.000000540. The second-order valence-corrected chi connectivity index (χ2v) is 9.63. The Morgan fingerprint density at radius 2 is 1.80 bits per heavy atom. The number of aliphatic imine (C=N–C) groups is 1. The summed E-state index contributed by atoms with van der Waals surface area (Å²) in [6, 6.07) is 18.8. The highest BCUT2D eigenvalue weighted by atomic mass is 16.5. The summed E-state index contributed by atoms with van der Waals surface area (Å²) >= 11 is 0. The standard InChI is InChI=1S/C23H30N4O.C5H10O2/c1-26(22(28)12-14-24-18-20-6-4-3-5-7-20)16-13-19-8-10-21(11-9-19)23-25-15-17-27(23)2;1-5(2,3)7-4-6/h3-11,24H,12-18H2,1-2H3;4H,1-3H3. The molecule has 2 aromatic rings. The molecule has 2 aromatic carbocycles. The third-order valence-electron chi connectivity index (χ3n) is 5.52. The third-order valence-corrected chi connectivity index (χ3v) is 5.52. The smallest absolute Gasteiger partial charge is 0.293 e. The number of hydrogen-bond acceptors (Lipinski definition) is 6. The highest BCUT2D eigenvalue weighted by molar-refractivity contribution is 5.99.